The van der Waals surface area contributed by atoms with Gasteiger partial charge in [0.05, 0.1) is 29.1 Å². The number of hydrogen-bond donors (Lipinski definition) is 1. The molecule has 1 aliphatic rings. The van der Waals surface area contributed by atoms with E-state index in [9.17, 15) is 27.6 Å². The van der Waals surface area contributed by atoms with Crippen LogP contribution in [0.5, 0.6) is 0 Å². The number of rotatable bonds is 5. The van der Waals surface area contributed by atoms with Gasteiger partial charge in [-0.3, -0.25) is 14.5 Å². The van der Waals surface area contributed by atoms with Crippen LogP contribution in [0.15, 0.2) is 42.5 Å². The number of esters is 1. The summed E-state index contributed by atoms with van der Waals surface area (Å²) in [6, 6.07) is 9.14. The third-order valence-electron chi connectivity index (χ3n) is 4.56. The third-order valence-corrected chi connectivity index (χ3v) is 4.56. The van der Waals surface area contributed by atoms with Crippen LogP contribution < -0.4 is 10.2 Å². The Morgan fingerprint density at radius 3 is 2.61 bits per heavy atom. The molecule has 1 heterocycles. The standard InChI is InChI=1S/C21H19F3N2O5/c1-12(31-20(29)14-5-3-4-13(8-14)11-30-2)19(28)26-10-18(27)25-16-9-15(21(22,23)24)6-7-17(16)26/h3-9,12H,10-11H2,1-2H3,(H,25,27). The summed E-state index contributed by atoms with van der Waals surface area (Å²) >= 11 is 0. The van der Waals surface area contributed by atoms with E-state index in [1.54, 1.807) is 18.2 Å². The van der Waals surface area contributed by atoms with Crippen molar-refractivity contribution in [1.82, 2.24) is 0 Å². The first kappa shape index (κ1) is 22.3. The van der Waals surface area contributed by atoms with E-state index in [1.165, 1.54) is 20.1 Å². The predicted octanol–water partition coefficient (Wildman–Crippen LogP) is 3.38. The average Bonchev–Trinajstić information content (AvgIpc) is 2.71. The molecule has 31 heavy (non-hydrogen) atoms. The first-order valence-electron chi connectivity index (χ1n) is 9.21. The third kappa shape index (κ3) is 5.02. The van der Waals surface area contributed by atoms with Gasteiger partial charge in [-0.25, -0.2) is 4.79 Å². The van der Waals surface area contributed by atoms with Gasteiger partial charge in [0.1, 0.15) is 6.54 Å². The van der Waals surface area contributed by atoms with Crippen LogP contribution in [0, 0.1) is 0 Å². The number of benzene rings is 2. The Hall–Kier alpha value is -3.40. The molecule has 1 aliphatic heterocycles. The molecule has 1 unspecified atom stereocenters. The van der Waals surface area contributed by atoms with Crippen molar-refractivity contribution in [3.05, 3.63) is 59.2 Å². The van der Waals surface area contributed by atoms with Gasteiger partial charge in [-0.2, -0.15) is 13.2 Å². The topological polar surface area (TPSA) is 84.9 Å². The Labute approximate surface area is 175 Å². The molecule has 2 aromatic rings. The molecular formula is C21H19F3N2O5. The first-order valence-corrected chi connectivity index (χ1v) is 9.21. The summed E-state index contributed by atoms with van der Waals surface area (Å²) in [5.41, 5.74) is -0.0806. The molecule has 0 aliphatic carbocycles. The molecule has 0 fully saturated rings. The number of nitrogens with zero attached hydrogens (tertiary/aromatic N) is 1. The Bertz CT molecular complexity index is 1020. The number of amides is 2. The van der Waals surface area contributed by atoms with Gasteiger partial charge in [-0.1, -0.05) is 12.1 Å². The number of hydrogen-bond acceptors (Lipinski definition) is 5. The van der Waals surface area contributed by atoms with Crippen molar-refractivity contribution in [3.63, 3.8) is 0 Å². The summed E-state index contributed by atoms with van der Waals surface area (Å²) < 4.78 is 49.1. The van der Waals surface area contributed by atoms with E-state index < -0.39 is 42.2 Å². The molecule has 0 spiro atoms. The Balaban J connectivity index is 1.79. The molecule has 1 atom stereocenters. The van der Waals surface area contributed by atoms with Gasteiger partial charge in [0.15, 0.2) is 6.10 Å². The van der Waals surface area contributed by atoms with Crippen LogP contribution in [0.1, 0.15) is 28.4 Å². The molecule has 1 N–H and O–H groups in total. The van der Waals surface area contributed by atoms with E-state index in [2.05, 4.69) is 5.32 Å². The molecule has 2 amide bonds. The summed E-state index contributed by atoms with van der Waals surface area (Å²) in [5, 5.41) is 2.33. The van der Waals surface area contributed by atoms with E-state index >= 15 is 0 Å². The number of carbonyl (C=O) groups excluding carboxylic acids is 3. The Morgan fingerprint density at radius 1 is 1.19 bits per heavy atom. The van der Waals surface area contributed by atoms with Gasteiger partial charge in [-0.15, -0.1) is 0 Å². The fraction of sp³-hybridized carbons (Fsp3) is 0.286. The lowest BCUT2D eigenvalue weighted by atomic mass is 10.1. The molecule has 0 bridgehead atoms. The van der Waals surface area contributed by atoms with Crippen molar-refractivity contribution in [3.8, 4) is 0 Å². The minimum atomic E-state index is -4.60. The molecule has 2 aromatic carbocycles. The first-order chi connectivity index (χ1) is 14.6. The van der Waals surface area contributed by atoms with Crippen LogP contribution in [0.3, 0.4) is 0 Å². The molecule has 7 nitrogen and oxygen atoms in total. The van der Waals surface area contributed by atoms with Gasteiger partial charge in [0.25, 0.3) is 5.91 Å². The highest BCUT2D eigenvalue weighted by Gasteiger charge is 2.35. The molecule has 0 saturated heterocycles. The number of methoxy groups -OCH3 is 1. The summed E-state index contributed by atoms with van der Waals surface area (Å²) in [5.74, 6) is -2.16. The average molecular weight is 436 g/mol. The minimum Gasteiger partial charge on any atom is -0.449 e. The SMILES string of the molecule is COCc1cccc(C(=O)OC(C)C(=O)N2CC(=O)Nc3cc(C(F)(F)F)ccc32)c1. The number of fused-ring (bicyclic) bond motifs is 1. The zero-order valence-corrected chi connectivity index (χ0v) is 16.7. The second-order valence-corrected chi connectivity index (χ2v) is 6.88. The molecule has 0 aromatic heterocycles. The smallest absolute Gasteiger partial charge is 0.416 e. The predicted molar refractivity (Wildman–Crippen MR) is 104 cm³/mol. The lowest BCUT2D eigenvalue weighted by molar-refractivity contribution is -0.137. The van der Waals surface area contributed by atoms with Crippen molar-refractivity contribution in [2.75, 3.05) is 23.9 Å². The second kappa shape index (κ2) is 8.76. The molecule has 3 rings (SSSR count). The van der Waals surface area contributed by atoms with Crippen LogP contribution in [-0.4, -0.2) is 37.5 Å². The maximum absolute atomic E-state index is 13.0. The van der Waals surface area contributed by atoms with Crippen LogP contribution in [0.2, 0.25) is 0 Å². The Morgan fingerprint density at radius 2 is 1.94 bits per heavy atom. The summed E-state index contributed by atoms with van der Waals surface area (Å²) in [6.07, 6.45) is -5.88. The zero-order chi connectivity index (χ0) is 22.8. The van der Waals surface area contributed by atoms with Crippen LogP contribution in [0.4, 0.5) is 24.5 Å². The quantitative estimate of drug-likeness (QED) is 0.727. The normalized spacial score (nSPS) is 14.5. The van der Waals surface area contributed by atoms with Gasteiger partial charge in [0.2, 0.25) is 5.91 Å². The van der Waals surface area contributed by atoms with E-state index in [0.717, 1.165) is 28.7 Å². The number of anilines is 2. The number of carbonyl (C=O) groups is 3. The lowest BCUT2D eigenvalue weighted by Gasteiger charge is -2.31. The minimum absolute atomic E-state index is 0.0857. The van der Waals surface area contributed by atoms with Crippen molar-refractivity contribution in [2.45, 2.75) is 25.8 Å². The maximum Gasteiger partial charge on any atom is 0.416 e. The van der Waals surface area contributed by atoms with Gasteiger partial charge in [0, 0.05) is 7.11 Å². The van der Waals surface area contributed by atoms with Crippen LogP contribution >= 0.6 is 0 Å². The molecule has 164 valence electrons. The van der Waals surface area contributed by atoms with E-state index in [0.29, 0.717) is 0 Å². The second-order valence-electron chi connectivity index (χ2n) is 6.88. The van der Waals surface area contributed by atoms with Gasteiger partial charge < -0.3 is 14.8 Å². The maximum atomic E-state index is 13.0. The largest absolute Gasteiger partial charge is 0.449 e. The highest BCUT2D eigenvalue weighted by molar-refractivity contribution is 6.11. The number of halogens is 3. The van der Waals surface area contributed by atoms with Crippen LogP contribution in [0.25, 0.3) is 0 Å². The molecule has 10 heteroatoms. The van der Waals surface area contributed by atoms with E-state index in [1.807, 2.05) is 0 Å². The van der Waals surface area contributed by atoms with Crippen molar-refractivity contribution < 1.29 is 37.0 Å². The molecular weight excluding hydrogens is 417 g/mol. The van der Waals surface area contributed by atoms with Crippen molar-refractivity contribution >= 4 is 29.2 Å². The van der Waals surface area contributed by atoms with Gasteiger partial charge >= 0.3 is 12.1 Å². The van der Waals surface area contributed by atoms with Gasteiger partial charge in [-0.05, 0) is 42.8 Å². The number of ether oxygens (including phenoxy) is 2. The number of nitrogens with one attached hydrogen (secondary N) is 1. The molecule has 0 radical (unpaired) electrons. The lowest BCUT2D eigenvalue weighted by Crippen LogP contribution is -2.47. The highest BCUT2D eigenvalue weighted by Crippen LogP contribution is 2.37. The highest BCUT2D eigenvalue weighted by atomic mass is 19.4. The van der Waals surface area contributed by atoms with E-state index in [-0.39, 0.29) is 23.5 Å². The fourth-order valence-corrected chi connectivity index (χ4v) is 3.12. The van der Waals surface area contributed by atoms with E-state index in [4.69, 9.17) is 9.47 Å². The summed E-state index contributed by atoms with van der Waals surface area (Å²) in [6.45, 7) is 1.20. The van der Waals surface area contributed by atoms with Crippen molar-refractivity contribution in [1.29, 1.82) is 0 Å². The number of alkyl halides is 3. The van der Waals surface area contributed by atoms with Crippen LogP contribution in [-0.2, 0) is 31.8 Å². The fourth-order valence-electron chi connectivity index (χ4n) is 3.12. The zero-order valence-electron chi connectivity index (χ0n) is 16.7. The Kier molecular flexibility index (Phi) is 6.30. The monoisotopic (exact) mass is 436 g/mol. The summed E-state index contributed by atoms with van der Waals surface area (Å²) in [7, 11) is 1.51. The van der Waals surface area contributed by atoms with Crippen molar-refractivity contribution in [2.24, 2.45) is 0 Å². The molecule has 0 saturated carbocycles. The summed E-state index contributed by atoms with van der Waals surface area (Å²) in [4.78, 5) is 38.2.